The van der Waals surface area contributed by atoms with Gasteiger partial charge in [0.15, 0.2) is 10.9 Å². The third-order valence-corrected chi connectivity index (χ3v) is 6.92. The fraction of sp³-hybridized carbons (Fsp3) is 0.107. The molecule has 0 bridgehead atoms. The van der Waals surface area contributed by atoms with Crippen LogP contribution in [0.5, 0.6) is 0 Å². The lowest BCUT2D eigenvalue weighted by Crippen LogP contribution is -2.30. The third-order valence-electron chi connectivity index (χ3n) is 5.87. The minimum Gasteiger partial charge on any atom is -0.467 e. The zero-order valence-corrected chi connectivity index (χ0v) is 19.6. The van der Waals surface area contributed by atoms with E-state index in [0.29, 0.717) is 27.6 Å². The van der Waals surface area contributed by atoms with Crippen LogP contribution in [0.4, 0.5) is 5.13 Å². The van der Waals surface area contributed by atoms with E-state index in [1.165, 1.54) is 11.3 Å². The Balaban J connectivity index is 1.49. The van der Waals surface area contributed by atoms with Gasteiger partial charge in [-0.3, -0.25) is 14.5 Å². The van der Waals surface area contributed by atoms with E-state index in [-0.39, 0.29) is 18.2 Å². The van der Waals surface area contributed by atoms with Crippen LogP contribution < -0.4 is 4.90 Å². The van der Waals surface area contributed by atoms with Crippen LogP contribution in [-0.4, -0.2) is 16.7 Å². The van der Waals surface area contributed by atoms with E-state index in [0.717, 1.165) is 21.3 Å². The zero-order valence-electron chi connectivity index (χ0n) is 18.8. The number of ketones is 1. The smallest absolute Gasteiger partial charge is 0.260 e. The van der Waals surface area contributed by atoms with Gasteiger partial charge >= 0.3 is 0 Å². The van der Waals surface area contributed by atoms with Crippen molar-refractivity contribution in [2.45, 2.75) is 20.4 Å². The molecule has 6 heteroatoms. The van der Waals surface area contributed by atoms with Crippen LogP contribution in [-0.2, 0) is 6.54 Å². The number of carbonyl (C=O) groups is 2. The molecule has 0 saturated heterocycles. The van der Waals surface area contributed by atoms with Gasteiger partial charge in [0.2, 0.25) is 0 Å². The molecule has 5 nitrogen and oxygen atoms in total. The number of anilines is 1. The van der Waals surface area contributed by atoms with Crippen molar-refractivity contribution in [3.63, 3.8) is 0 Å². The number of nitrogens with zero attached hydrogens (tertiary/aromatic N) is 2. The van der Waals surface area contributed by atoms with Crippen molar-refractivity contribution in [3.05, 3.63) is 119 Å². The van der Waals surface area contributed by atoms with Crippen LogP contribution >= 0.6 is 11.3 Å². The molecule has 168 valence electrons. The lowest BCUT2D eigenvalue weighted by molar-refractivity contribution is 0.0981. The summed E-state index contributed by atoms with van der Waals surface area (Å²) < 4.78 is 6.55. The summed E-state index contributed by atoms with van der Waals surface area (Å²) in [5.74, 6) is 0.379. The number of benzene rings is 3. The molecule has 0 aliphatic carbocycles. The second kappa shape index (κ2) is 9.08. The number of carbonyl (C=O) groups excluding carboxylic acids is 2. The summed E-state index contributed by atoms with van der Waals surface area (Å²) in [7, 11) is 0. The summed E-state index contributed by atoms with van der Waals surface area (Å²) in [6.07, 6.45) is 1.59. The molecule has 0 saturated carbocycles. The fourth-order valence-electron chi connectivity index (χ4n) is 3.79. The standard InChI is InChI=1S/C28H22N2O3S/c1-18-10-15-24-25(19(18)2)29-28(34-24)30(17-23-9-6-16-33-23)27(32)22-13-11-21(12-14-22)26(31)20-7-4-3-5-8-20/h3-16H,17H2,1-2H3. The number of furan rings is 1. The zero-order chi connectivity index (χ0) is 23.7. The van der Waals surface area contributed by atoms with Gasteiger partial charge in [-0.25, -0.2) is 4.98 Å². The molecule has 0 spiro atoms. The average Bonchev–Trinajstić information content (AvgIpc) is 3.55. The lowest BCUT2D eigenvalue weighted by Gasteiger charge is -2.19. The Morgan fingerprint density at radius 1 is 0.853 bits per heavy atom. The second-order valence-corrected chi connectivity index (χ2v) is 9.10. The van der Waals surface area contributed by atoms with Crippen LogP contribution in [0.2, 0.25) is 0 Å². The van der Waals surface area contributed by atoms with Crippen molar-refractivity contribution in [3.8, 4) is 0 Å². The maximum absolute atomic E-state index is 13.6. The normalized spacial score (nSPS) is 11.0. The van der Waals surface area contributed by atoms with Crippen molar-refractivity contribution in [2.75, 3.05) is 4.90 Å². The van der Waals surface area contributed by atoms with Gasteiger partial charge in [0.25, 0.3) is 5.91 Å². The SMILES string of the molecule is Cc1ccc2sc(N(Cc3ccco3)C(=O)c3ccc(C(=O)c4ccccc4)cc3)nc2c1C. The van der Waals surface area contributed by atoms with Gasteiger partial charge in [-0.2, -0.15) is 0 Å². The van der Waals surface area contributed by atoms with Crippen molar-refractivity contribution in [1.29, 1.82) is 0 Å². The quantitative estimate of drug-likeness (QED) is 0.265. The minimum atomic E-state index is -0.205. The molecule has 2 aromatic heterocycles. The molecule has 1 amide bonds. The van der Waals surface area contributed by atoms with Gasteiger partial charge in [-0.05, 0) is 55.3 Å². The van der Waals surface area contributed by atoms with Gasteiger partial charge < -0.3 is 4.42 Å². The largest absolute Gasteiger partial charge is 0.467 e. The van der Waals surface area contributed by atoms with E-state index in [4.69, 9.17) is 9.40 Å². The Hall–Kier alpha value is -4.03. The molecule has 5 rings (SSSR count). The van der Waals surface area contributed by atoms with E-state index in [2.05, 4.69) is 13.0 Å². The summed E-state index contributed by atoms with van der Waals surface area (Å²) in [5.41, 5.74) is 4.79. The molecule has 2 heterocycles. The number of hydrogen-bond acceptors (Lipinski definition) is 5. The number of rotatable bonds is 6. The lowest BCUT2D eigenvalue weighted by atomic mass is 10.0. The first kappa shape index (κ1) is 21.8. The van der Waals surface area contributed by atoms with E-state index in [1.807, 2.05) is 37.3 Å². The fourth-order valence-corrected chi connectivity index (χ4v) is 4.81. The van der Waals surface area contributed by atoms with E-state index in [9.17, 15) is 9.59 Å². The topological polar surface area (TPSA) is 63.4 Å². The molecule has 0 radical (unpaired) electrons. The number of aryl methyl sites for hydroxylation is 2. The molecule has 0 N–H and O–H groups in total. The highest BCUT2D eigenvalue weighted by atomic mass is 32.1. The van der Waals surface area contributed by atoms with Crippen LogP contribution in [0.1, 0.15) is 43.2 Å². The van der Waals surface area contributed by atoms with Gasteiger partial charge in [-0.15, -0.1) is 0 Å². The molecule has 0 unspecified atom stereocenters. The van der Waals surface area contributed by atoms with Crippen molar-refractivity contribution in [1.82, 2.24) is 4.98 Å². The molecule has 3 aromatic carbocycles. The van der Waals surface area contributed by atoms with Crippen molar-refractivity contribution in [2.24, 2.45) is 0 Å². The first-order valence-electron chi connectivity index (χ1n) is 10.9. The summed E-state index contributed by atoms with van der Waals surface area (Å²) in [6.45, 7) is 4.36. The Bertz CT molecular complexity index is 1470. The molecule has 0 aliphatic heterocycles. The summed E-state index contributed by atoms with van der Waals surface area (Å²) in [6, 6.07) is 23.6. The number of amides is 1. The second-order valence-electron chi connectivity index (χ2n) is 8.09. The van der Waals surface area contributed by atoms with Gasteiger partial charge in [0.1, 0.15) is 5.76 Å². The predicted octanol–water partition coefficient (Wildman–Crippen LogP) is 6.58. The molecule has 0 atom stereocenters. The highest BCUT2D eigenvalue weighted by Gasteiger charge is 2.23. The van der Waals surface area contributed by atoms with Crippen LogP contribution in [0.25, 0.3) is 10.2 Å². The van der Waals surface area contributed by atoms with Crippen LogP contribution in [0, 0.1) is 13.8 Å². The summed E-state index contributed by atoms with van der Waals surface area (Å²) >= 11 is 1.48. The van der Waals surface area contributed by atoms with Gasteiger partial charge in [-0.1, -0.05) is 59.9 Å². The van der Waals surface area contributed by atoms with Gasteiger partial charge in [0.05, 0.1) is 23.0 Å². The number of fused-ring (bicyclic) bond motifs is 1. The molecule has 5 aromatic rings. The van der Waals surface area contributed by atoms with Crippen molar-refractivity contribution >= 4 is 38.4 Å². The maximum atomic E-state index is 13.6. The van der Waals surface area contributed by atoms with E-state index in [1.54, 1.807) is 53.6 Å². The first-order chi connectivity index (χ1) is 16.5. The van der Waals surface area contributed by atoms with Gasteiger partial charge in [0, 0.05) is 16.7 Å². The average molecular weight is 467 g/mol. The maximum Gasteiger partial charge on any atom is 0.260 e. The van der Waals surface area contributed by atoms with E-state index < -0.39 is 0 Å². The Labute approximate surface area is 201 Å². The van der Waals surface area contributed by atoms with Crippen molar-refractivity contribution < 1.29 is 14.0 Å². The van der Waals surface area contributed by atoms with Crippen LogP contribution in [0.15, 0.2) is 89.5 Å². The highest BCUT2D eigenvalue weighted by Crippen LogP contribution is 2.33. The molecular weight excluding hydrogens is 444 g/mol. The highest BCUT2D eigenvalue weighted by molar-refractivity contribution is 7.22. The molecule has 0 fully saturated rings. The Morgan fingerprint density at radius 2 is 1.56 bits per heavy atom. The van der Waals surface area contributed by atoms with E-state index >= 15 is 0 Å². The number of thiazole rings is 1. The Kier molecular flexibility index (Phi) is 5.82. The molecular formula is C28H22N2O3S. The first-order valence-corrected chi connectivity index (χ1v) is 11.7. The molecule has 34 heavy (non-hydrogen) atoms. The monoisotopic (exact) mass is 466 g/mol. The number of hydrogen-bond donors (Lipinski definition) is 0. The summed E-state index contributed by atoms with van der Waals surface area (Å²) in [4.78, 5) is 32.8. The number of aromatic nitrogens is 1. The summed E-state index contributed by atoms with van der Waals surface area (Å²) in [5, 5.41) is 0.606. The minimum absolute atomic E-state index is 0.0796. The Morgan fingerprint density at radius 3 is 2.26 bits per heavy atom. The molecule has 0 aliphatic rings. The third kappa shape index (κ3) is 4.16. The van der Waals surface area contributed by atoms with Crippen LogP contribution in [0.3, 0.4) is 0 Å². The predicted molar refractivity (Wildman–Crippen MR) is 135 cm³/mol.